The third-order valence-corrected chi connectivity index (χ3v) is 3.20. The average molecular weight is 287 g/mol. The lowest BCUT2D eigenvalue weighted by molar-refractivity contribution is -0.384. The van der Waals surface area contributed by atoms with Crippen molar-refractivity contribution in [1.82, 2.24) is 9.97 Å². The van der Waals surface area contributed by atoms with E-state index in [-0.39, 0.29) is 11.5 Å². The Bertz CT molecular complexity index is 687. The lowest BCUT2D eigenvalue weighted by Crippen LogP contribution is -2.16. The van der Waals surface area contributed by atoms with Gasteiger partial charge in [-0.05, 0) is 25.5 Å². The van der Waals surface area contributed by atoms with Crippen molar-refractivity contribution in [2.24, 2.45) is 0 Å². The SMILES string of the molecule is CNc1ncc([N+](=O)[O-])c(N(C)c2ccc(C)cc2C)n1. The molecule has 2 aromatic rings. The second-order valence-corrected chi connectivity index (χ2v) is 4.76. The minimum atomic E-state index is -0.477. The lowest BCUT2D eigenvalue weighted by atomic mass is 10.1. The number of aromatic nitrogens is 2. The van der Waals surface area contributed by atoms with Gasteiger partial charge in [0.2, 0.25) is 11.8 Å². The molecule has 1 heterocycles. The first-order valence-corrected chi connectivity index (χ1v) is 6.44. The number of anilines is 3. The van der Waals surface area contributed by atoms with Gasteiger partial charge in [0.25, 0.3) is 0 Å². The van der Waals surface area contributed by atoms with E-state index in [1.807, 2.05) is 32.0 Å². The molecule has 0 radical (unpaired) electrons. The molecule has 0 fully saturated rings. The van der Waals surface area contributed by atoms with E-state index in [4.69, 9.17) is 0 Å². The molecule has 21 heavy (non-hydrogen) atoms. The summed E-state index contributed by atoms with van der Waals surface area (Å²) in [6.45, 7) is 3.97. The van der Waals surface area contributed by atoms with Crippen LogP contribution in [-0.2, 0) is 0 Å². The molecule has 0 spiro atoms. The number of aryl methyl sites for hydroxylation is 2. The number of nitro groups is 1. The molecule has 0 aliphatic rings. The number of nitrogens with zero attached hydrogens (tertiary/aromatic N) is 4. The van der Waals surface area contributed by atoms with E-state index in [0.717, 1.165) is 16.8 Å². The quantitative estimate of drug-likeness (QED) is 0.687. The Labute approximate surface area is 122 Å². The molecule has 1 aromatic carbocycles. The zero-order valence-electron chi connectivity index (χ0n) is 12.4. The molecule has 0 aliphatic heterocycles. The van der Waals surface area contributed by atoms with Crippen molar-refractivity contribution in [1.29, 1.82) is 0 Å². The van der Waals surface area contributed by atoms with Gasteiger partial charge in [-0.2, -0.15) is 4.98 Å². The molecular weight excluding hydrogens is 270 g/mol. The second-order valence-electron chi connectivity index (χ2n) is 4.76. The molecule has 0 aliphatic carbocycles. The largest absolute Gasteiger partial charge is 0.357 e. The van der Waals surface area contributed by atoms with Crippen molar-refractivity contribution in [3.8, 4) is 0 Å². The van der Waals surface area contributed by atoms with E-state index in [1.54, 1.807) is 19.0 Å². The van der Waals surface area contributed by atoms with Crippen LogP contribution in [-0.4, -0.2) is 29.0 Å². The van der Waals surface area contributed by atoms with E-state index < -0.39 is 4.92 Å². The molecule has 7 nitrogen and oxygen atoms in total. The van der Waals surface area contributed by atoms with Gasteiger partial charge in [0.15, 0.2) is 0 Å². The maximum Gasteiger partial charge on any atom is 0.330 e. The van der Waals surface area contributed by atoms with E-state index in [0.29, 0.717) is 5.95 Å². The number of hydrogen-bond acceptors (Lipinski definition) is 6. The third-order valence-electron chi connectivity index (χ3n) is 3.20. The van der Waals surface area contributed by atoms with Crippen LogP contribution in [0.25, 0.3) is 0 Å². The summed E-state index contributed by atoms with van der Waals surface area (Å²) in [5, 5.41) is 14.0. The van der Waals surface area contributed by atoms with Crippen molar-refractivity contribution in [2.75, 3.05) is 24.3 Å². The molecule has 0 unspecified atom stereocenters. The molecule has 0 atom stereocenters. The van der Waals surface area contributed by atoms with Crippen molar-refractivity contribution < 1.29 is 4.92 Å². The third kappa shape index (κ3) is 2.91. The molecule has 0 amide bonds. The van der Waals surface area contributed by atoms with Gasteiger partial charge in [-0.1, -0.05) is 17.7 Å². The summed E-state index contributed by atoms with van der Waals surface area (Å²) >= 11 is 0. The topological polar surface area (TPSA) is 84.2 Å². The van der Waals surface area contributed by atoms with Crippen molar-refractivity contribution >= 4 is 23.1 Å². The van der Waals surface area contributed by atoms with E-state index in [2.05, 4.69) is 15.3 Å². The van der Waals surface area contributed by atoms with E-state index >= 15 is 0 Å². The van der Waals surface area contributed by atoms with Crippen molar-refractivity contribution in [2.45, 2.75) is 13.8 Å². The predicted octanol–water partition coefficient (Wildman–Crippen LogP) is 2.81. The molecule has 2 rings (SSSR count). The maximum absolute atomic E-state index is 11.2. The summed E-state index contributed by atoms with van der Waals surface area (Å²) in [6, 6.07) is 5.91. The summed E-state index contributed by atoms with van der Waals surface area (Å²) in [5.41, 5.74) is 2.90. The zero-order chi connectivity index (χ0) is 15.6. The number of rotatable bonds is 4. The molecule has 0 saturated heterocycles. The summed E-state index contributed by atoms with van der Waals surface area (Å²) in [5.74, 6) is 0.596. The number of hydrogen-bond donors (Lipinski definition) is 1. The van der Waals surface area contributed by atoms with E-state index in [1.165, 1.54) is 6.20 Å². The summed E-state index contributed by atoms with van der Waals surface area (Å²) < 4.78 is 0. The lowest BCUT2D eigenvalue weighted by Gasteiger charge is -2.20. The molecular formula is C14H17N5O2. The molecule has 7 heteroatoms. The fraction of sp³-hybridized carbons (Fsp3) is 0.286. The summed E-state index contributed by atoms with van der Waals surface area (Å²) in [4.78, 5) is 20.5. The first-order chi connectivity index (χ1) is 9.93. The Morgan fingerprint density at radius 1 is 1.33 bits per heavy atom. The minimum absolute atomic E-state index is 0.128. The van der Waals surface area contributed by atoms with Crippen LogP contribution < -0.4 is 10.2 Å². The van der Waals surface area contributed by atoms with Crippen LogP contribution >= 0.6 is 0 Å². The zero-order valence-corrected chi connectivity index (χ0v) is 12.4. The molecule has 0 saturated carbocycles. The smallest absolute Gasteiger partial charge is 0.330 e. The summed E-state index contributed by atoms with van der Waals surface area (Å²) in [6.07, 6.45) is 1.22. The highest BCUT2D eigenvalue weighted by Crippen LogP contribution is 2.32. The van der Waals surface area contributed by atoms with Crippen LogP contribution in [0.3, 0.4) is 0 Å². The van der Waals surface area contributed by atoms with Gasteiger partial charge in [0, 0.05) is 19.8 Å². The number of nitrogens with one attached hydrogen (secondary N) is 1. The van der Waals surface area contributed by atoms with Crippen molar-refractivity contribution in [3.05, 3.63) is 45.6 Å². The first-order valence-electron chi connectivity index (χ1n) is 6.44. The van der Waals surface area contributed by atoms with Gasteiger partial charge in [0.05, 0.1) is 4.92 Å². The molecule has 110 valence electrons. The van der Waals surface area contributed by atoms with Crippen LogP contribution in [0, 0.1) is 24.0 Å². The van der Waals surface area contributed by atoms with Gasteiger partial charge >= 0.3 is 5.69 Å². The number of benzene rings is 1. The highest BCUT2D eigenvalue weighted by Gasteiger charge is 2.22. The predicted molar refractivity (Wildman–Crippen MR) is 82.2 cm³/mol. The first kappa shape index (κ1) is 14.7. The highest BCUT2D eigenvalue weighted by molar-refractivity contribution is 5.70. The standard InChI is InChI=1S/C14H17N5O2/c1-9-5-6-11(10(2)7-9)18(4)13-12(19(20)21)8-16-14(15-3)17-13/h5-8H,1-4H3,(H,15,16,17). The van der Waals surface area contributed by atoms with Gasteiger partial charge in [0.1, 0.15) is 6.20 Å². The second kappa shape index (κ2) is 5.74. The van der Waals surface area contributed by atoms with Crippen LogP contribution in [0.15, 0.2) is 24.4 Å². The van der Waals surface area contributed by atoms with Gasteiger partial charge in [-0.25, -0.2) is 4.98 Å². The van der Waals surface area contributed by atoms with Crippen LogP contribution in [0.1, 0.15) is 11.1 Å². The van der Waals surface area contributed by atoms with Gasteiger partial charge < -0.3 is 10.2 Å². The van der Waals surface area contributed by atoms with E-state index in [9.17, 15) is 10.1 Å². The molecule has 1 N–H and O–H groups in total. The maximum atomic E-state index is 11.2. The fourth-order valence-corrected chi connectivity index (χ4v) is 2.16. The Balaban J connectivity index is 2.55. The van der Waals surface area contributed by atoms with Crippen LogP contribution in [0.4, 0.5) is 23.1 Å². The Hall–Kier alpha value is -2.70. The fourth-order valence-electron chi connectivity index (χ4n) is 2.16. The van der Waals surface area contributed by atoms with Crippen molar-refractivity contribution in [3.63, 3.8) is 0 Å². The average Bonchev–Trinajstić information content (AvgIpc) is 2.45. The Morgan fingerprint density at radius 3 is 2.62 bits per heavy atom. The molecule has 0 bridgehead atoms. The normalized spacial score (nSPS) is 10.3. The van der Waals surface area contributed by atoms with Crippen LogP contribution in [0.5, 0.6) is 0 Å². The Morgan fingerprint density at radius 2 is 2.05 bits per heavy atom. The Kier molecular flexibility index (Phi) is 4.02. The van der Waals surface area contributed by atoms with Crippen LogP contribution in [0.2, 0.25) is 0 Å². The monoisotopic (exact) mass is 287 g/mol. The minimum Gasteiger partial charge on any atom is -0.357 e. The highest BCUT2D eigenvalue weighted by atomic mass is 16.6. The van der Waals surface area contributed by atoms with Gasteiger partial charge in [-0.15, -0.1) is 0 Å². The van der Waals surface area contributed by atoms with Gasteiger partial charge in [-0.3, -0.25) is 10.1 Å². The summed E-state index contributed by atoms with van der Waals surface area (Å²) in [7, 11) is 3.43. The molecule has 1 aromatic heterocycles.